The van der Waals surface area contributed by atoms with Crippen LogP contribution in [-0.2, 0) is 4.74 Å². The molecule has 0 saturated carbocycles. The normalized spacial score (nSPS) is 15.6. The average Bonchev–Trinajstić information content (AvgIpc) is 2.39. The fourth-order valence-electron chi connectivity index (χ4n) is 1.78. The molecule has 0 aliphatic carbocycles. The Hall–Kier alpha value is -1.88. The van der Waals surface area contributed by atoms with E-state index in [-0.39, 0.29) is 17.0 Å². The van der Waals surface area contributed by atoms with Gasteiger partial charge in [0.2, 0.25) is 0 Å². The number of hydrogen-bond acceptors (Lipinski definition) is 4. The van der Waals surface area contributed by atoms with Gasteiger partial charge in [0.25, 0.3) is 5.91 Å². The topological polar surface area (TPSA) is 69.7 Å². The van der Waals surface area contributed by atoms with E-state index in [0.29, 0.717) is 26.3 Å². The Labute approximate surface area is 98.6 Å². The molecule has 0 bridgehead atoms. The zero-order valence-corrected chi connectivity index (χ0v) is 9.22. The number of hydrogen-bond donors (Lipinski definition) is 0. The van der Waals surface area contributed by atoms with Crippen LogP contribution in [0.3, 0.4) is 0 Å². The monoisotopic (exact) mass is 234 g/mol. The minimum atomic E-state index is -1.33. The summed E-state index contributed by atoms with van der Waals surface area (Å²) >= 11 is 0. The summed E-state index contributed by atoms with van der Waals surface area (Å²) in [6.45, 7) is 1.94. The second kappa shape index (κ2) is 4.97. The summed E-state index contributed by atoms with van der Waals surface area (Å²) < 4.78 is 5.14. The van der Waals surface area contributed by atoms with Gasteiger partial charge in [-0.3, -0.25) is 4.79 Å². The maximum absolute atomic E-state index is 12.1. The molecule has 1 aliphatic rings. The number of carboxylic acids is 1. The van der Waals surface area contributed by atoms with Crippen molar-refractivity contribution in [3.63, 3.8) is 0 Å². The van der Waals surface area contributed by atoms with Crippen molar-refractivity contribution < 1.29 is 19.4 Å². The number of benzene rings is 1. The van der Waals surface area contributed by atoms with E-state index in [0.717, 1.165) is 0 Å². The molecule has 90 valence electrons. The van der Waals surface area contributed by atoms with Crippen LogP contribution in [0.4, 0.5) is 0 Å². The van der Waals surface area contributed by atoms with Crippen molar-refractivity contribution in [2.45, 2.75) is 0 Å². The second-order valence-corrected chi connectivity index (χ2v) is 3.74. The van der Waals surface area contributed by atoms with Gasteiger partial charge >= 0.3 is 0 Å². The van der Waals surface area contributed by atoms with Crippen LogP contribution in [0.1, 0.15) is 20.7 Å². The number of ether oxygens (including phenoxy) is 1. The third-order valence-corrected chi connectivity index (χ3v) is 2.68. The Morgan fingerprint density at radius 1 is 1.12 bits per heavy atom. The highest BCUT2D eigenvalue weighted by atomic mass is 16.5. The van der Waals surface area contributed by atoms with E-state index >= 15 is 0 Å². The Morgan fingerprint density at radius 3 is 2.29 bits per heavy atom. The first-order valence-corrected chi connectivity index (χ1v) is 5.37. The largest absolute Gasteiger partial charge is 0.545 e. The van der Waals surface area contributed by atoms with Crippen LogP contribution in [0.15, 0.2) is 24.3 Å². The van der Waals surface area contributed by atoms with Gasteiger partial charge in [-0.1, -0.05) is 18.2 Å². The Kier molecular flexibility index (Phi) is 3.39. The van der Waals surface area contributed by atoms with Gasteiger partial charge in [-0.05, 0) is 6.07 Å². The number of carbonyl (C=O) groups is 2. The molecule has 1 aromatic rings. The number of carbonyl (C=O) groups excluding carboxylic acids is 2. The highest BCUT2D eigenvalue weighted by Gasteiger charge is 2.20. The second-order valence-electron chi connectivity index (χ2n) is 3.74. The van der Waals surface area contributed by atoms with E-state index in [9.17, 15) is 14.7 Å². The van der Waals surface area contributed by atoms with Gasteiger partial charge < -0.3 is 19.5 Å². The number of carboxylic acid groups (broad SMARTS) is 1. The lowest BCUT2D eigenvalue weighted by Gasteiger charge is -2.27. The minimum Gasteiger partial charge on any atom is -0.545 e. The summed E-state index contributed by atoms with van der Waals surface area (Å²) in [5, 5.41) is 10.9. The van der Waals surface area contributed by atoms with Crippen LogP contribution in [0.5, 0.6) is 0 Å². The number of aromatic carboxylic acids is 1. The van der Waals surface area contributed by atoms with Crippen molar-refractivity contribution in [2.75, 3.05) is 26.3 Å². The Balaban J connectivity index is 2.26. The van der Waals surface area contributed by atoms with Gasteiger partial charge in [0.1, 0.15) is 0 Å². The predicted molar refractivity (Wildman–Crippen MR) is 57.5 cm³/mol. The van der Waals surface area contributed by atoms with E-state index in [1.807, 2.05) is 0 Å². The molecule has 2 rings (SSSR count). The lowest BCUT2D eigenvalue weighted by molar-refractivity contribution is -0.255. The molecule has 1 saturated heterocycles. The van der Waals surface area contributed by atoms with Crippen LogP contribution in [0, 0.1) is 0 Å². The molecule has 1 heterocycles. The summed E-state index contributed by atoms with van der Waals surface area (Å²) in [4.78, 5) is 24.6. The van der Waals surface area contributed by atoms with Crippen LogP contribution in [0.25, 0.3) is 0 Å². The lowest BCUT2D eigenvalue weighted by Crippen LogP contribution is -2.41. The highest BCUT2D eigenvalue weighted by Crippen LogP contribution is 2.12. The zero-order chi connectivity index (χ0) is 12.3. The molecule has 1 aliphatic heterocycles. The van der Waals surface area contributed by atoms with E-state index in [1.54, 1.807) is 17.0 Å². The van der Waals surface area contributed by atoms with Crippen molar-refractivity contribution in [2.24, 2.45) is 0 Å². The molecule has 17 heavy (non-hydrogen) atoms. The van der Waals surface area contributed by atoms with Crippen LogP contribution < -0.4 is 5.11 Å². The van der Waals surface area contributed by atoms with Gasteiger partial charge in [-0.2, -0.15) is 0 Å². The SMILES string of the molecule is O=C([O-])c1ccccc1C(=O)N1CCOCC1. The van der Waals surface area contributed by atoms with E-state index in [2.05, 4.69) is 0 Å². The van der Waals surface area contributed by atoms with Crippen molar-refractivity contribution >= 4 is 11.9 Å². The van der Waals surface area contributed by atoms with Crippen LogP contribution >= 0.6 is 0 Å². The van der Waals surface area contributed by atoms with Crippen molar-refractivity contribution in [1.29, 1.82) is 0 Å². The van der Waals surface area contributed by atoms with E-state index < -0.39 is 5.97 Å². The van der Waals surface area contributed by atoms with Crippen LogP contribution in [0.2, 0.25) is 0 Å². The first kappa shape index (κ1) is 11.6. The van der Waals surface area contributed by atoms with Crippen LogP contribution in [-0.4, -0.2) is 43.1 Å². The van der Waals surface area contributed by atoms with Gasteiger partial charge in [0.15, 0.2) is 0 Å². The third-order valence-electron chi connectivity index (χ3n) is 2.68. The fraction of sp³-hybridized carbons (Fsp3) is 0.333. The molecule has 1 aromatic carbocycles. The first-order chi connectivity index (χ1) is 8.20. The number of rotatable bonds is 2. The molecule has 5 heteroatoms. The third kappa shape index (κ3) is 2.45. The smallest absolute Gasteiger partial charge is 0.254 e. The number of amides is 1. The summed E-state index contributed by atoms with van der Waals surface area (Å²) in [6.07, 6.45) is 0. The zero-order valence-electron chi connectivity index (χ0n) is 9.22. The van der Waals surface area contributed by atoms with Gasteiger partial charge in [0, 0.05) is 24.2 Å². The van der Waals surface area contributed by atoms with Crippen molar-refractivity contribution in [3.05, 3.63) is 35.4 Å². The average molecular weight is 234 g/mol. The Bertz CT molecular complexity index is 438. The molecule has 0 atom stereocenters. The molecule has 0 N–H and O–H groups in total. The van der Waals surface area contributed by atoms with Crippen molar-refractivity contribution in [1.82, 2.24) is 4.90 Å². The molecule has 0 unspecified atom stereocenters. The minimum absolute atomic E-state index is 0.0657. The summed E-state index contributed by atoms with van der Waals surface area (Å²) in [5.41, 5.74) is 0.110. The molecule has 1 fully saturated rings. The fourth-order valence-corrected chi connectivity index (χ4v) is 1.78. The molecular formula is C12H12NO4-. The maximum atomic E-state index is 12.1. The first-order valence-electron chi connectivity index (χ1n) is 5.37. The summed E-state index contributed by atoms with van der Waals surface area (Å²) in [7, 11) is 0. The quantitative estimate of drug-likeness (QED) is 0.693. The molecule has 1 amide bonds. The standard InChI is InChI=1S/C12H13NO4/c14-11(13-5-7-17-8-6-13)9-3-1-2-4-10(9)12(15)16/h1-4H,5-8H2,(H,15,16)/p-1. The maximum Gasteiger partial charge on any atom is 0.254 e. The Morgan fingerprint density at radius 2 is 1.71 bits per heavy atom. The predicted octanol–water partition coefficient (Wildman–Crippen LogP) is -0.478. The van der Waals surface area contributed by atoms with E-state index in [1.165, 1.54) is 12.1 Å². The summed E-state index contributed by atoms with van der Waals surface area (Å²) in [5.74, 6) is -1.62. The molecule has 0 radical (unpaired) electrons. The highest BCUT2D eigenvalue weighted by molar-refractivity contribution is 6.04. The summed E-state index contributed by atoms with van der Waals surface area (Å²) in [6, 6.07) is 6.09. The molecule has 0 spiro atoms. The number of nitrogens with zero attached hydrogens (tertiary/aromatic N) is 1. The van der Waals surface area contributed by atoms with E-state index in [4.69, 9.17) is 4.74 Å². The lowest BCUT2D eigenvalue weighted by atomic mass is 10.1. The van der Waals surface area contributed by atoms with Gasteiger partial charge in [-0.25, -0.2) is 0 Å². The molecule has 0 aromatic heterocycles. The van der Waals surface area contributed by atoms with Crippen molar-refractivity contribution in [3.8, 4) is 0 Å². The number of morpholine rings is 1. The molecular weight excluding hydrogens is 222 g/mol. The molecule has 5 nitrogen and oxygen atoms in total. The van der Waals surface area contributed by atoms with Gasteiger partial charge in [0.05, 0.1) is 19.2 Å². The van der Waals surface area contributed by atoms with Gasteiger partial charge in [-0.15, -0.1) is 0 Å².